The van der Waals surface area contributed by atoms with Crippen LogP contribution >= 0.6 is 0 Å². The Hall–Kier alpha value is -1.35. The van der Waals surface area contributed by atoms with Gasteiger partial charge in [0.15, 0.2) is 0 Å². The van der Waals surface area contributed by atoms with Gasteiger partial charge in [-0.2, -0.15) is 0 Å². The van der Waals surface area contributed by atoms with Crippen molar-refractivity contribution in [3.05, 3.63) is 33.9 Å². The Kier molecular flexibility index (Phi) is 3.10. The summed E-state index contributed by atoms with van der Waals surface area (Å²) in [5, 5.41) is 7.54. The Bertz CT molecular complexity index is 439. The molecule has 0 bridgehead atoms. The molecule has 0 aliphatic carbocycles. The standard InChI is InChI=1S/C13H21N3/c1-7-6-10(12(14)15)8(2)9(3)11(7)13(4,5)16/h6H,16H2,1-5H3,(H3,14,15). The molecule has 5 N–H and O–H groups in total. The summed E-state index contributed by atoms with van der Waals surface area (Å²) >= 11 is 0. The first kappa shape index (κ1) is 12.7. The maximum absolute atomic E-state index is 7.54. The summed E-state index contributed by atoms with van der Waals surface area (Å²) in [6.45, 7) is 10.0. The van der Waals surface area contributed by atoms with Crippen molar-refractivity contribution in [3.63, 3.8) is 0 Å². The number of hydrogen-bond donors (Lipinski definition) is 3. The number of hydrogen-bond acceptors (Lipinski definition) is 2. The molecule has 0 saturated carbocycles. The summed E-state index contributed by atoms with van der Waals surface area (Å²) in [6, 6.07) is 1.95. The van der Waals surface area contributed by atoms with E-state index >= 15 is 0 Å². The van der Waals surface area contributed by atoms with Crippen LogP contribution in [-0.4, -0.2) is 5.84 Å². The predicted molar refractivity (Wildman–Crippen MR) is 68.9 cm³/mol. The van der Waals surface area contributed by atoms with Crippen molar-refractivity contribution in [2.24, 2.45) is 11.5 Å². The van der Waals surface area contributed by atoms with Gasteiger partial charge in [-0.15, -0.1) is 0 Å². The van der Waals surface area contributed by atoms with E-state index in [9.17, 15) is 0 Å². The van der Waals surface area contributed by atoms with Crippen LogP contribution in [0.5, 0.6) is 0 Å². The summed E-state index contributed by atoms with van der Waals surface area (Å²) in [5.41, 5.74) is 16.6. The normalized spacial score (nSPS) is 11.6. The van der Waals surface area contributed by atoms with Crippen molar-refractivity contribution >= 4 is 5.84 Å². The molecule has 0 aliphatic heterocycles. The number of rotatable bonds is 2. The molecule has 88 valence electrons. The molecule has 1 aromatic rings. The van der Waals surface area contributed by atoms with Crippen LogP contribution in [0, 0.1) is 26.2 Å². The number of nitrogens with two attached hydrogens (primary N) is 2. The SMILES string of the molecule is Cc1cc(C(=N)N)c(C)c(C)c1C(C)(C)N. The second-order valence-corrected chi connectivity index (χ2v) is 5.00. The smallest absolute Gasteiger partial charge is 0.123 e. The first-order chi connectivity index (χ1) is 7.16. The molecule has 0 aliphatic rings. The van der Waals surface area contributed by atoms with Gasteiger partial charge in [0.2, 0.25) is 0 Å². The number of amidine groups is 1. The fourth-order valence-electron chi connectivity index (χ4n) is 2.35. The summed E-state index contributed by atoms with van der Waals surface area (Å²) in [7, 11) is 0. The Balaban J connectivity index is 3.59. The van der Waals surface area contributed by atoms with E-state index in [1.54, 1.807) is 0 Å². The van der Waals surface area contributed by atoms with Crippen molar-refractivity contribution in [1.29, 1.82) is 5.41 Å². The molecule has 0 aromatic heterocycles. The summed E-state index contributed by atoms with van der Waals surface area (Å²) in [4.78, 5) is 0. The Morgan fingerprint density at radius 1 is 1.19 bits per heavy atom. The van der Waals surface area contributed by atoms with Gasteiger partial charge >= 0.3 is 0 Å². The van der Waals surface area contributed by atoms with Gasteiger partial charge in [-0.1, -0.05) is 0 Å². The summed E-state index contributed by atoms with van der Waals surface area (Å²) in [6.07, 6.45) is 0. The molecule has 0 fully saturated rings. The molecule has 0 radical (unpaired) electrons. The zero-order chi connectivity index (χ0) is 12.7. The lowest BCUT2D eigenvalue weighted by Gasteiger charge is -2.26. The zero-order valence-electron chi connectivity index (χ0n) is 10.7. The molecule has 0 heterocycles. The molecule has 0 spiro atoms. The van der Waals surface area contributed by atoms with Crippen LogP contribution in [0.3, 0.4) is 0 Å². The molecule has 0 unspecified atom stereocenters. The van der Waals surface area contributed by atoms with Gasteiger partial charge in [0, 0.05) is 11.1 Å². The lowest BCUT2D eigenvalue weighted by Crippen LogP contribution is -2.31. The highest BCUT2D eigenvalue weighted by Gasteiger charge is 2.22. The first-order valence-corrected chi connectivity index (χ1v) is 5.40. The Morgan fingerprint density at radius 3 is 2.06 bits per heavy atom. The minimum Gasteiger partial charge on any atom is -0.384 e. The second-order valence-electron chi connectivity index (χ2n) is 5.00. The largest absolute Gasteiger partial charge is 0.384 e. The van der Waals surface area contributed by atoms with Crippen LogP contribution < -0.4 is 11.5 Å². The highest BCUT2D eigenvalue weighted by atomic mass is 14.7. The number of aryl methyl sites for hydroxylation is 1. The molecule has 0 atom stereocenters. The van der Waals surface area contributed by atoms with Gasteiger partial charge in [-0.05, 0) is 62.9 Å². The first-order valence-electron chi connectivity index (χ1n) is 5.40. The van der Waals surface area contributed by atoms with Crippen LogP contribution in [0.15, 0.2) is 6.07 Å². The molecule has 0 saturated heterocycles. The number of benzene rings is 1. The van der Waals surface area contributed by atoms with Gasteiger partial charge in [-0.3, -0.25) is 5.41 Å². The van der Waals surface area contributed by atoms with Crippen molar-refractivity contribution < 1.29 is 0 Å². The fraction of sp³-hybridized carbons (Fsp3) is 0.462. The maximum Gasteiger partial charge on any atom is 0.123 e. The van der Waals surface area contributed by atoms with Crippen molar-refractivity contribution in [3.8, 4) is 0 Å². The Morgan fingerprint density at radius 2 is 1.69 bits per heavy atom. The third-order valence-electron chi connectivity index (χ3n) is 3.03. The van der Waals surface area contributed by atoms with Gasteiger partial charge in [-0.25, -0.2) is 0 Å². The van der Waals surface area contributed by atoms with Crippen molar-refractivity contribution in [1.82, 2.24) is 0 Å². The average molecular weight is 219 g/mol. The van der Waals surface area contributed by atoms with Crippen LogP contribution in [0.2, 0.25) is 0 Å². The van der Waals surface area contributed by atoms with Gasteiger partial charge in [0.1, 0.15) is 5.84 Å². The van der Waals surface area contributed by atoms with E-state index in [1.165, 1.54) is 0 Å². The third-order valence-corrected chi connectivity index (χ3v) is 3.03. The maximum atomic E-state index is 7.54. The van der Waals surface area contributed by atoms with E-state index < -0.39 is 0 Å². The number of nitrogens with one attached hydrogen (secondary N) is 1. The highest BCUT2D eigenvalue weighted by Crippen LogP contribution is 2.29. The van der Waals surface area contributed by atoms with Gasteiger partial charge < -0.3 is 11.5 Å². The van der Waals surface area contributed by atoms with Crippen molar-refractivity contribution in [2.75, 3.05) is 0 Å². The van der Waals surface area contributed by atoms with E-state index in [-0.39, 0.29) is 11.4 Å². The van der Waals surface area contributed by atoms with Crippen LogP contribution in [-0.2, 0) is 5.54 Å². The molecule has 0 amide bonds. The van der Waals surface area contributed by atoms with Crippen molar-refractivity contribution in [2.45, 2.75) is 40.2 Å². The lowest BCUT2D eigenvalue weighted by atomic mass is 9.83. The summed E-state index contributed by atoms with van der Waals surface area (Å²) in [5.74, 6) is 0.116. The molecular weight excluding hydrogens is 198 g/mol. The zero-order valence-corrected chi connectivity index (χ0v) is 10.7. The highest BCUT2D eigenvalue weighted by molar-refractivity contribution is 5.97. The monoisotopic (exact) mass is 219 g/mol. The van der Waals surface area contributed by atoms with Gasteiger partial charge in [0.05, 0.1) is 0 Å². The Labute approximate surface area is 97.4 Å². The average Bonchev–Trinajstić information content (AvgIpc) is 2.08. The van der Waals surface area contributed by atoms with E-state index in [1.807, 2.05) is 40.7 Å². The molecule has 3 heteroatoms. The minimum absolute atomic E-state index is 0.116. The second kappa shape index (κ2) is 3.91. The molecule has 3 nitrogen and oxygen atoms in total. The predicted octanol–water partition coefficient (Wildman–Crippen LogP) is 2.09. The minimum atomic E-state index is -0.367. The summed E-state index contributed by atoms with van der Waals surface area (Å²) < 4.78 is 0. The topological polar surface area (TPSA) is 75.9 Å². The molecular formula is C13H21N3. The quantitative estimate of drug-likeness (QED) is 0.526. The number of nitrogen functional groups attached to an aromatic ring is 1. The molecule has 1 rings (SSSR count). The van der Waals surface area contributed by atoms with E-state index in [0.29, 0.717) is 0 Å². The van der Waals surface area contributed by atoms with Gasteiger partial charge in [0.25, 0.3) is 0 Å². The fourth-order valence-corrected chi connectivity index (χ4v) is 2.35. The lowest BCUT2D eigenvalue weighted by molar-refractivity contribution is 0.546. The van der Waals surface area contributed by atoms with E-state index in [2.05, 4.69) is 0 Å². The van der Waals surface area contributed by atoms with Crippen LogP contribution in [0.25, 0.3) is 0 Å². The van der Waals surface area contributed by atoms with Crippen LogP contribution in [0.4, 0.5) is 0 Å². The van der Waals surface area contributed by atoms with E-state index in [0.717, 1.165) is 27.8 Å². The third kappa shape index (κ3) is 2.09. The molecule has 16 heavy (non-hydrogen) atoms. The molecule has 1 aromatic carbocycles. The van der Waals surface area contributed by atoms with Crippen LogP contribution in [0.1, 0.15) is 41.7 Å². The van der Waals surface area contributed by atoms with E-state index in [4.69, 9.17) is 16.9 Å².